The van der Waals surface area contributed by atoms with Crippen LogP contribution in [0.1, 0.15) is 54.9 Å². The van der Waals surface area contributed by atoms with Gasteiger partial charge in [0.1, 0.15) is 0 Å². The summed E-state index contributed by atoms with van der Waals surface area (Å²) >= 11 is 2.37. The molecule has 1 atom stereocenters. The number of nitrogens with one attached hydrogen (secondary N) is 1. The Morgan fingerprint density at radius 1 is 1.18 bits per heavy atom. The molecule has 0 heterocycles. The lowest BCUT2D eigenvalue weighted by molar-refractivity contribution is -0.128. The number of carbonyl (C=O) groups is 1. The molecule has 0 aliphatic heterocycles. The Bertz CT molecular complexity index is 269. The van der Waals surface area contributed by atoms with Gasteiger partial charge in [-0.2, -0.15) is 0 Å². The lowest BCUT2D eigenvalue weighted by Gasteiger charge is -2.35. The van der Waals surface area contributed by atoms with E-state index in [2.05, 4.69) is 41.8 Å². The van der Waals surface area contributed by atoms with Crippen molar-refractivity contribution in [1.82, 2.24) is 5.32 Å². The number of hydrogen-bond donors (Lipinski definition) is 2. The van der Waals surface area contributed by atoms with E-state index < -0.39 is 5.54 Å². The van der Waals surface area contributed by atoms with Crippen molar-refractivity contribution < 1.29 is 4.79 Å². The summed E-state index contributed by atoms with van der Waals surface area (Å²) in [6, 6.07) is 0. The molecule has 0 aromatic rings. The van der Waals surface area contributed by atoms with E-state index in [9.17, 15) is 4.79 Å². The normalized spacial score (nSPS) is 15.6. The van der Waals surface area contributed by atoms with Crippen molar-refractivity contribution in [2.45, 2.75) is 69.4 Å². The van der Waals surface area contributed by atoms with Crippen molar-refractivity contribution in [2.75, 3.05) is 0 Å². The van der Waals surface area contributed by atoms with E-state index in [0.717, 1.165) is 6.42 Å². The first kappa shape index (κ1) is 17.2. The number of nitrogens with two attached hydrogens (primary N) is 1. The monoisotopic (exact) mass is 354 g/mol. The molecule has 1 amide bonds. The van der Waals surface area contributed by atoms with Crippen molar-refractivity contribution in [1.29, 1.82) is 0 Å². The van der Waals surface area contributed by atoms with Gasteiger partial charge in [-0.1, -0.05) is 36.4 Å². The first-order chi connectivity index (χ1) is 7.22. The average molecular weight is 354 g/mol. The van der Waals surface area contributed by atoms with Crippen LogP contribution in [0.3, 0.4) is 0 Å². The van der Waals surface area contributed by atoms with Gasteiger partial charge in [-0.3, -0.25) is 4.79 Å². The van der Waals surface area contributed by atoms with Crippen molar-refractivity contribution in [2.24, 2.45) is 11.7 Å². The van der Waals surface area contributed by atoms with Gasteiger partial charge in [0.25, 0.3) is 0 Å². The van der Waals surface area contributed by atoms with Crippen molar-refractivity contribution >= 4 is 28.5 Å². The van der Waals surface area contributed by atoms with Crippen molar-refractivity contribution in [3.05, 3.63) is 0 Å². The molecule has 0 spiro atoms. The van der Waals surface area contributed by atoms with Crippen LogP contribution in [0.2, 0.25) is 0 Å². The average Bonchev–Trinajstić information content (AvgIpc) is 1.92. The van der Waals surface area contributed by atoms with Crippen LogP contribution < -0.4 is 11.1 Å². The van der Waals surface area contributed by atoms with E-state index in [1.807, 2.05) is 34.6 Å². The second kappa shape index (κ2) is 5.43. The van der Waals surface area contributed by atoms with Crippen LogP contribution >= 0.6 is 22.6 Å². The topological polar surface area (TPSA) is 55.1 Å². The summed E-state index contributed by atoms with van der Waals surface area (Å²) in [6.45, 7) is 14.0. The maximum Gasteiger partial charge on any atom is 0.225 e. The van der Waals surface area contributed by atoms with Gasteiger partial charge in [-0.15, -0.1) is 0 Å². The van der Waals surface area contributed by atoms with Gasteiger partial charge >= 0.3 is 0 Å². The van der Waals surface area contributed by atoms with Crippen LogP contribution in [0, 0.1) is 5.92 Å². The maximum absolute atomic E-state index is 12.3. The summed E-state index contributed by atoms with van der Waals surface area (Å²) in [5.41, 5.74) is 5.43. The Morgan fingerprint density at radius 2 is 1.59 bits per heavy atom. The minimum Gasteiger partial charge on any atom is -0.351 e. The molecule has 3 nitrogen and oxygen atoms in total. The molecule has 0 aromatic heterocycles. The smallest absolute Gasteiger partial charge is 0.225 e. The quantitative estimate of drug-likeness (QED) is 0.603. The highest BCUT2D eigenvalue weighted by Crippen LogP contribution is 2.31. The summed E-state index contributed by atoms with van der Waals surface area (Å²) in [7, 11) is 0. The van der Waals surface area contributed by atoms with E-state index >= 15 is 0 Å². The molecule has 0 rings (SSSR count). The van der Waals surface area contributed by atoms with Gasteiger partial charge in [-0.25, -0.2) is 0 Å². The second-order valence-electron chi connectivity index (χ2n) is 7.04. The molecule has 102 valence electrons. The second-order valence-corrected chi connectivity index (χ2v) is 9.96. The minimum absolute atomic E-state index is 0.0507. The molecule has 0 aliphatic rings. The van der Waals surface area contributed by atoms with Crippen molar-refractivity contribution in [3.8, 4) is 0 Å². The fourth-order valence-corrected chi connectivity index (χ4v) is 2.08. The minimum atomic E-state index is -0.502. The Labute approximate surface area is 119 Å². The molecule has 0 saturated heterocycles. The third kappa shape index (κ3) is 7.97. The predicted octanol–water partition coefficient (Wildman–Crippen LogP) is 2.86. The maximum atomic E-state index is 12.3. The van der Waals surface area contributed by atoms with Crippen molar-refractivity contribution in [3.63, 3.8) is 0 Å². The SMILES string of the molecule is CC(C)(I)CC(C(=O)NC(C)(C)C)C(C)(C)N. The van der Waals surface area contributed by atoms with Gasteiger partial charge in [0.15, 0.2) is 0 Å². The van der Waals surface area contributed by atoms with Gasteiger partial charge < -0.3 is 11.1 Å². The van der Waals surface area contributed by atoms with Crippen LogP contribution in [-0.4, -0.2) is 20.4 Å². The molecule has 0 aliphatic carbocycles. The molecule has 0 bridgehead atoms. The molecule has 1 unspecified atom stereocenters. The highest BCUT2D eigenvalue weighted by Gasteiger charge is 2.36. The van der Waals surface area contributed by atoms with Crippen LogP contribution in [-0.2, 0) is 4.79 Å². The fourth-order valence-electron chi connectivity index (χ4n) is 1.64. The summed E-state index contributed by atoms with van der Waals surface area (Å²) in [5.74, 6) is -0.122. The lowest BCUT2D eigenvalue weighted by Crippen LogP contribution is -2.54. The molecule has 0 aromatic carbocycles. The molecule has 0 fully saturated rings. The number of halogens is 1. The predicted molar refractivity (Wildman–Crippen MR) is 82.4 cm³/mol. The standard InChI is InChI=1S/C13H27IN2O/c1-11(2,3)16-10(17)9(13(6,7)15)8-12(4,5)14/h9H,8,15H2,1-7H3,(H,16,17). The summed E-state index contributed by atoms with van der Waals surface area (Å²) in [5, 5.41) is 3.03. The molecular formula is C13H27IN2O. The molecule has 17 heavy (non-hydrogen) atoms. The van der Waals surface area contributed by atoms with Gasteiger partial charge in [0.05, 0.1) is 5.92 Å². The zero-order chi connectivity index (χ0) is 14.1. The highest BCUT2D eigenvalue weighted by atomic mass is 127. The third-order valence-corrected chi connectivity index (χ3v) is 2.84. The van der Waals surface area contributed by atoms with E-state index in [-0.39, 0.29) is 20.8 Å². The Kier molecular flexibility index (Phi) is 5.48. The lowest BCUT2D eigenvalue weighted by atomic mass is 9.81. The van der Waals surface area contributed by atoms with E-state index in [1.54, 1.807) is 0 Å². The number of hydrogen-bond acceptors (Lipinski definition) is 2. The van der Waals surface area contributed by atoms with E-state index in [4.69, 9.17) is 5.73 Å². The molecular weight excluding hydrogens is 327 g/mol. The first-order valence-electron chi connectivity index (χ1n) is 6.02. The Balaban J connectivity index is 4.90. The fraction of sp³-hybridized carbons (Fsp3) is 0.923. The summed E-state index contributed by atoms with van der Waals surface area (Å²) in [4.78, 5) is 12.3. The number of alkyl halides is 1. The number of carbonyl (C=O) groups excluding carboxylic acids is 1. The Morgan fingerprint density at radius 3 is 1.82 bits per heavy atom. The van der Waals surface area contributed by atoms with Crippen LogP contribution in [0.25, 0.3) is 0 Å². The molecule has 4 heteroatoms. The van der Waals surface area contributed by atoms with E-state index in [1.165, 1.54) is 0 Å². The van der Waals surface area contributed by atoms with Gasteiger partial charge in [0, 0.05) is 14.5 Å². The molecule has 3 N–H and O–H groups in total. The van der Waals surface area contributed by atoms with Crippen LogP contribution in [0.5, 0.6) is 0 Å². The summed E-state index contributed by atoms with van der Waals surface area (Å²) < 4.78 is 0.0638. The van der Waals surface area contributed by atoms with Crippen LogP contribution in [0.4, 0.5) is 0 Å². The zero-order valence-electron chi connectivity index (χ0n) is 12.1. The van der Waals surface area contributed by atoms with Crippen LogP contribution in [0.15, 0.2) is 0 Å². The third-order valence-electron chi connectivity index (χ3n) is 2.40. The molecule has 0 radical (unpaired) electrons. The molecule has 0 saturated carbocycles. The Hall–Kier alpha value is 0.160. The summed E-state index contributed by atoms with van der Waals surface area (Å²) in [6.07, 6.45) is 0.777. The zero-order valence-corrected chi connectivity index (χ0v) is 14.3. The van der Waals surface area contributed by atoms with E-state index in [0.29, 0.717) is 0 Å². The van der Waals surface area contributed by atoms with Gasteiger partial charge in [0.2, 0.25) is 5.91 Å². The first-order valence-corrected chi connectivity index (χ1v) is 7.10. The highest BCUT2D eigenvalue weighted by molar-refractivity contribution is 14.1. The number of amides is 1. The number of rotatable bonds is 4. The largest absolute Gasteiger partial charge is 0.351 e. The van der Waals surface area contributed by atoms with Gasteiger partial charge in [-0.05, 0) is 41.0 Å².